The number of hydrogen-bond donors (Lipinski definition) is 1. The highest BCUT2D eigenvalue weighted by atomic mass is 16.1. The van der Waals surface area contributed by atoms with Crippen molar-refractivity contribution in [1.29, 1.82) is 0 Å². The van der Waals surface area contributed by atoms with Crippen LogP contribution in [0.5, 0.6) is 0 Å². The van der Waals surface area contributed by atoms with Crippen molar-refractivity contribution in [3.8, 4) is 0 Å². The molecule has 0 fully saturated rings. The van der Waals surface area contributed by atoms with E-state index in [2.05, 4.69) is 5.32 Å². The highest BCUT2D eigenvalue weighted by molar-refractivity contribution is 5.94. The van der Waals surface area contributed by atoms with Crippen molar-refractivity contribution >= 4 is 12.2 Å². The Balaban J connectivity index is 2.91. The van der Waals surface area contributed by atoms with E-state index >= 15 is 0 Å². The normalized spacial score (nSPS) is 9.08. The molecule has 0 radical (unpaired) electrons. The molecule has 0 atom stereocenters. The molecule has 0 aliphatic rings. The Morgan fingerprint density at radius 2 is 1.92 bits per heavy atom. The summed E-state index contributed by atoms with van der Waals surface area (Å²) in [6, 6.07) is 6.44. The number of rotatable bonds is 2. The number of nitrogens with one attached hydrogen (secondary N) is 1. The van der Waals surface area contributed by atoms with Gasteiger partial charge in [-0.1, -0.05) is 12.1 Å². The first-order valence-corrected chi connectivity index (χ1v) is 3.55. The molecule has 0 saturated carbocycles. The van der Waals surface area contributed by atoms with Crippen LogP contribution in [-0.4, -0.2) is 19.2 Å². The van der Waals surface area contributed by atoms with E-state index in [4.69, 9.17) is 0 Å². The van der Waals surface area contributed by atoms with E-state index in [-0.39, 0.29) is 5.91 Å². The first-order chi connectivity index (χ1) is 5.77. The highest BCUT2D eigenvalue weighted by Crippen LogP contribution is 2.01. The van der Waals surface area contributed by atoms with Crippen LogP contribution in [0.4, 0.5) is 0 Å². The van der Waals surface area contributed by atoms with Gasteiger partial charge < -0.3 is 5.32 Å². The minimum absolute atomic E-state index is 0.146. The Morgan fingerprint density at radius 1 is 1.33 bits per heavy atom. The van der Waals surface area contributed by atoms with E-state index in [9.17, 15) is 9.59 Å². The SMILES string of the molecule is CNC(=O)c1ccc(C=O)cc1. The summed E-state index contributed by atoms with van der Waals surface area (Å²) in [5.74, 6) is -0.146. The van der Waals surface area contributed by atoms with Gasteiger partial charge in [-0.15, -0.1) is 0 Å². The van der Waals surface area contributed by atoms with Crippen LogP contribution in [0.3, 0.4) is 0 Å². The van der Waals surface area contributed by atoms with Crippen molar-refractivity contribution in [3.05, 3.63) is 35.4 Å². The van der Waals surface area contributed by atoms with Crippen LogP contribution in [-0.2, 0) is 0 Å². The molecule has 0 aliphatic carbocycles. The first-order valence-electron chi connectivity index (χ1n) is 3.55. The lowest BCUT2D eigenvalue weighted by Crippen LogP contribution is -2.17. The molecule has 1 aromatic carbocycles. The minimum Gasteiger partial charge on any atom is -0.355 e. The average Bonchev–Trinajstić information content (AvgIpc) is 2.17. The van der Waals surface area contributed by atoms with Gasteiger partial charge >= 0.3 is 0 Å². The minimum atomic E-state index is -0.146. The van der Waals surface area contributed by atoms with Gasteiger partial charge in [0.1, 0.15) is 6.29 Å². The van der Waals surface area contributed by atoms with Gasteiger partial charge in [0.15, 0.2) is 0 Å². The second-order valence-corrected chi connectivity index (χ2v) is 2.32. The first kappa shape index (κ1) is 8.46. The topological polar surface area (TPSA) is 46.2 Å². The van der Waals surface area contributed by atoms with Gasteiger partial charge in [0.25, 0.3) is 5.91 Å². The van der Waals surface area contributed by atoms with Crippen molar-refractivity contribution in [2.45, 2.75) is 0 Å². The molecule has 0 aromatic heterocycles. The van der Waals surface area contributed by atoms with E-state index in [0.717, 1.165) is 6.29 Å². The van der Waals surface area contributed by atoms with E-state index in [1.807, 2.05) is 0 Å². The summed E-state index contributed by atoms with van der Waals surface area (Å²) in [5.41, 5.74) is 1.13. The molecule has 12 heavy (non-hydrogen) atoms. The Labute approximate surface area is 70.4 Å². The zero-order valence-electron chi connectivity index (χ0n) is 6.70. The van der Waals surface area contributed by atoms with Gasteiger partial charge in [0.05, 0.1) is 0 Å². The molecule has 0 unspecified atom stereocenters. The van der Waals surface area contributed by atoms with Crippen LogP contribution in [0, 0.1) is 0 Å². The molecule has 0 bridgehead atoms. The predicted octanol–water partition coefficient (Wildman–Crippen LogP) is 0.859. The highest BCUT2D eigenvalue weighted by Gasteiger charge is 2.00. The van der Waals surface area contributed by atoms with Crippen LogP contribution in [0.2, 0.25) is 0 Å². The largest absolute Gasteiger partial charge is 0.355 e. The number of benzene rings is 1. The van der Waals surface area contributed by atoms with Crippen molar-refractivity contribution in [3.63, 3.8) is 0 Å². The van der Waals surface area contributed by atoms with Crippen LogP contribution in [0.25, 0.3) is 0 Å². The van der Waals surface area contributed by atoms with Crippen LogP contribution in [0.1, 0.15) is 20.7 Å². The van der Waals surface area contributed by atoms with E-state index < -0.39 is 0 Å². The Bertz CT molecular complexity index is 290. The Kier molecular flexibility index (Phi) is 2.58. The van der Waals surface area contributed by atoms with Gasteiger partial charge in [-0.25, -0.2) is 0 Å². The van der Waals surface area contributed by atoms with Crippen molar-refractivity contribution in [2.75, 3.05) is 7.05 Å². The number of amides is 1. The monoisotopic (exact) mass is 163 g/mol. The third-order valence-electron chi connectivity index (χ3n) is 1.54. The standard InChI is InChI=1S/C9H9NO2/c1-10-9(12)8-4-2-7(6-11)3-5-8/h2-6H,1H3,(H,10,12). The third kappa shape index (κ3) is 1.69. The lowest BCUT2D eigenvalue weighted by Gasteiger charge is -1.98. The molecule has 0 saturated heterocycles. The molecular weight excluding hydrogens is 154 g/mol. The third-order valence-corrected chi connectivity index (χ3v) is 1.54. The van der Waals surface area contributed by atoms with Gasteiger partial charge in [-0.05, 0) is 12.1 Å². The fraction of sp³-hybridized carbons (Fsp3) is 0.111. The molecule has 62 valence electrons. The molecule has 1 aromatic rings. The maximum atomic E-state index is 11.0. The van der Waals surface area contributed by atoms with Gasteiger partial charge in [-0.2, -0.15) is 0 Å². The predicted molar refractivity (Wildman–Crippen MR) is 45.2 cm³/mol. The molecule has 1 rings (SSSR count). The molecule has 0 aliphatic heterocycles. The molecular formula is C9H9NO2. The van der Waals surface area contributed by atoms with Crippen LogP contribution >= 0.6 is 0 Å². The van der Waals surface area contributed by atoms with Crippen molar-refractivity contribution in [2.24, 2.45) is 0 Å². The summed E-state index contributed by atoms with van der Waals surface area (Å²) in [4.78, 5) is 21.3. The fourth-order valence-corrected chi connectivity index (χ4v) is 0.857. The van der Waals surface area contributed by atoms with E-state index in [1.54, 1.807) is 31.3 Å². The lowest BCUT2D eigenvalue weighted by molar-refractivity contribution is 0.0962. The maximum absolute atomic E-state index is 11.0. The average molecular weight is 163 g/mol. The number of carbonyl (C=O) groups is 2. The van der Waals surface area contributed by atoms with E-state index in [0.29, 0.717) is 11.1 Å². The Hall–Kier alpha value is -1.64. The fourth-order valence-electron chi connectivity index (χ4n) is 0.857. The van der Waals surface area contributed by atoms with Gasteiger partial charge in [-0.3, -0.25) is 9.59 Å². The quantitative estimate of drug-likeness (QED) is 0.657. The lowest BCUT2D eigenvalue weighted by atomic mass is 10.1. The summed E-state index contributed by atoms with van der Waals surface area (Å²) in [5, 5.41) is 2.49. The summed E-state index contributed by atoms with van der Waals surface area (Å²) in [6.45, 7) is 0. The summed E-state index contributed by atoms with van der Waals surface area (Å²) < 4.78 is 0. The molecule has 0 heterocycles. The van der Waals surface area contributed by atoms with Gasteiger partial charge in [0, 0.05) is 18.2 Å². The van der Waals surface area contributed by atoms with Gasteiger partial charge in [0.2, 0.25) is 0 Å². The van der Waals surface area contributed by atoms with E-state index in [1.165, 1.54) is 0 Å². The number of aldehydes is 1. The molecule has 0 spiro atoms. The molecule has 3 heteroatoms. The zero-order chi connectivity index (χ0) is 8.97. The summed E-state index contributed by atoms with van der Waals surface area (Å²) >= 11 is 0. The number of hydrogen-bond acceptors (Lipinski definition) is 2. The van der Waals surface area contributed by atoms with Crippen molar-refractivity contribution < 1.29 is 9.59 Å². The van der Waals surface area contributed by atoms with Crippen LogP contribution in [0.15, 0.2) is 24.3 Å². The van der Waals surface area contributed by atoms with Crippen LogP contribution < -0.4 is 5.32 Å². The summed E-state index contributed by atoms with van der Waals surface area (Å²) in [7, 11) is 1.57. The zero-order valence-corrected chi connectivity index (χ0v) is 6.70. The Morgan fingerprint density at radius 3 is 2.33 bits per heavy atom. The summed E-state index contributed by atoms with van der Waals surface area (Å²) in [6.07, 6.45) is 0.744. The maximum Gasteiger partial charge on any atom is 0.251 e. The molecule has 1 amide bonds. The smallest absolute Gasteiger partial charge is 0.251 e. The molecule has 3 nitrogen and oxygen atoms in total. The van der Waals surface area contributed by atoms with Crippen molar-refractivity contribution in [1.82, 2.24) is 5.32 Å². The molecule has 1 N–H and O–H groups in total. The second kappa shape index (κ2) is 3.67. The number of carbonyl (C=O) groups excluding carboxylic acids is 2. The second-order valence-electron chi connectivity index (χ2n) is 2.32.